The van der Waals surface area contributed by atoms with Crippen LogP contribution in [0.2, 0.25) is 0 Å². The minimum atomic E-state index is 0.675. The van der Waals surface area contributed by atoms with E-state index in [-0.39, 0.29) is 0 Å². The molecular formula is C98H151N11+8. The van der Waals surface area contributed by atoms with Gasteiger partial charge in [0.1, 0.15) is 24.5 Å². The van der Waals surface area contributed by atoms with Gasteiger partial charge in [0.2, 0.25) is 0 Å². The van der Waals surface area contributed by atoms with E-state index >= 15 is 0 Å². The van der Waals surface area contributed by atoms with Crippen LogP contribution in [0, 0.1) is 29.2 Å². The second kappa shape index (κ2) is 65.2. The Hall–Kier alpha value is -8.73. The highest BCUT2D eigenvalue weighted by Crippen LogP contribution is 2.18. The van der Waals surface area contributed by atoms with Gasteiger partial charge < -0.3 is 14.3 Å². The van der Waals surface area contributed by atoms with Crippen LogP contribution >= 0.6 is 0 Å². The first-order valence-electron chi connectivity index (χ1n) is 41.9. The number of para-hydroxylation sites is 2. The quantitative estimate of drug-likeness (QED) is 0.0174. The molecule has 4 aromatic carbocycles. The Kier molecular flexibility index (Phi) is 58.8. The number of quaternary nitrogens is 4. The van der Waals surface area contributed by atoms with Crippen molar-refractivity contribution in [1.82, 2.24) is 4.48 Å². The number of aryl methyl sites for hydroxylation is 2. The van der Waals surface area contributed by atoms with Crippen molar-refractivity contribution in [3.8, 4) is 12.1 Å². The fraction of sp³-hybridized carbons (Fsp3) is 0.480. The largest absolute Gasteiger partial charge is 0.335 e. The number of nitrogens with zero attached hydrogens (tertiary/aromatic N) is 9. The van der Waals surface area contributed by atoms with E-state index in [1.165, 1.54) is 206 Å². The van der Waals surface area contributed by atoms with Crippen molar-refractivity contribution in [2.75, 3.05) is 81.1 Å². The first kappa shape index (κ1) is 98.3. The summed E-state index contributed by atoms with van der Waals surface area (Å²) in [5, 5.41) is 17.4. The van der Waals surface area contributed by atoms with Gasteiger partial charge in [0, 0.05) is 72.5 Å². The smallest absolute Gasteiger partial charge is 0.198 e. The standard InChI is InChI=1S/C18H39N.C16H16N4.C16H36N.C15H13N2.C14H14N.C9H14N.C8H11N.C2H6/c1-4-7-10-13-16-19(17-14-11-8-5-2)18-15-12-9-6-3;1-18-16-6-12-20(13-7-16)9-3-2-8-19-10-4-15(14-17)5-11-19;1-5-9-13-17(14-10-6-2,15-11-7-3)16-12-8-4;1-2-13-3-5-15(6-4-13)12-17-9-7-14(11-16)8-10-17;1-2-13-6-8-14(9-7-13)12-15-10-4-3-5-11-15;1-10(2,3)9-7-5-4-6-8-9;1-9(2)8-6-4-3-5-7-8;1-2/h4-18H2,1-3H3;4-7,10-13H,2-3,8-9H2;5-16H2,1-4H3;2-10H,1,12H2;2-11H,1,12H2;4-8H,1-3H3;3-7H,1-2H3;1-2H3/q;+2;4*+1;;/p+2. The zero-order valence-corrected chi connectivity index (χ0v) is 71.1. The summed E-state index contributed by atoms with van der Waals surface area (Å²) in [6.45, 7) is 48.2. The molecule has 4 heterocycles. The van der Waals surface area contributed by atoms with Crippen molar-refractivity contribution in [3.05, 3.63) is 271 Å². The number of unbranched alkanes of at least 4 members (excludes halogenated alkanes) is 14. The molecule has 0 atom stereocenters. The highest BCUT2D eigenvalue weighted by molar-refractivity contribution is 5.48. The van der Waals surface area contributed by atoms with Crippen LogP contribution in [-0.2, 0) is 26.2 Å². The van der Waals surface area contributed by atoms with Crippen LogP contribution in [0.5, 0.6) is 0 Å². The van der Waals surface area contributed by atoms with Gasteiger partial charge in [-0.25, -0.2) is 23.1 Å². The van der Waals surface area contributed by atoms with Crippen LogP contribution in [0.3, 0.4) is 0 Å². The maximum atomic E-state index is 8.73. The summed E-state index contributed by atoms with van der Waals surface area (Å²) >= 11 is 0. The number of rotatable bonds is 40. The molecule has 109 heavy (non-hydrogen) atoms. The van der Waals surface area contributed by atoms with Gasteiger partial charge in [0.15, 0.2) is 68.4 Å². The number of pyridine rings is 4. The molecule has 0 unspecified atom stereocenters. The summed E-state index contributed by atoms with van der Waals surface area (Å²) in [6.07, 6.45) is 49.7. The molecule has 4 aromatic heterocycles. The molecule has 0 aliphatic carbocycles. The molecule has 0 bridgehead atoms. The lowest BCUT2D eigenvalue weighted by molar-refractivity contribution is -0.929. The molecular weight excluding hydrogens is 1330 g/mol. The average molecular weight is 1480 g/mol. The number of benzene rings is 4. The van der Waals surface area contributed by atoms with Gasteiger partial charge in [-0.2, -0.15) is 10.5 Å². The SMILES string of the molecule is C=Cc1ccc(C[n+]2ccc(C#N)cc2)cc1.C=Cc1ccc(C[n+]2ccccc2)cc1.CC.CCCCCC[NH+](CCCCCC)CCCCCC.CCCC[N+](CCCC)(CCCC)CCCC.C[N+](C)(C)c1ccccc1.C[NH+](C)c1ccccc1.[C-]#[N+]c1cc[n+](CCCC[n+]2ccc(C#N)cc2)cc1. The lowest BCUT2D eigenvalue weighted by Crippen LogP contribution is -3.12. The van der Waals surface area contributed by atoms with Gasteiger partial charge in [0.25, 0.3) is 0 Å². The highest BCUT2D eigenvalue weighted by Gasteiger charge is 2.25. The second-order valence-corrected chi connectivity index (χ2v) is 29.4. The first-order chi connectivity index (χ1) is 53.0. The van der Waals surface area contributed by atoms with Crippen LogP contribution in [0.15, 0.2) is 227 Å². The molecule has 0 spiro atoms. The van der Waals surface area contributed by atoms with Gasteiger partial charge in [-0.1, -0.05) is 243 Å². The van der Waals surface area contributed by atoms with E-state index in [2.05, 4.69) is 225 Å². The van der Waals surface area contributed by atoms with Crippen molar-refractivity contribution in [2.45, 2.75) is 230 Å². The zero-order chi connectivity index (χ0) is 80.3. The van der Waals surface area contributed by atoms with Gasteiger partial charge in [-0.05, 0) is 99.6 Å². The maximum Gasteiger partial charge on any atom is 0.198 e. The van der Waals surface area contributed by atoms with E-state index in [0.717, 1.165) is 54.6 Å². The van der Waals surface area contributed by atoms with Gasteiger partial charge >= 0.3 is 0 Å². The Morgan fingerprint density at radius 2 is 0.725 bits per heavy atom. The van der Waals surface area contributed by atoms with Crippen molar-refractivity contribution in [1.29, 1.82) is 10.5 Å². The van der Waals surface area contributed by atoms with Crippen LogP contribution in [0.1, 0.15) is 237 Å². The third-order valence-corrected chi connectivity index (χ3v) is 19.0. The fourth-order valence-corrected chi connectivity index (χ4v) is 12.1. The molecule has 11 nitrogen and oxygen atoms in total. The molecule has 0 radical (unpaired) electrons. The van der Waals surface area contributed by atoms with E-state index in [1.807, 2.05) is 152 Å². The minimum absolute atomic E-state index is 0.675. The summed E-state index contributed by atoms with van der Waals surface area (Å²) in [5.74, 6) is 0. The predicted octanol–water partition coefficient (Wildman–Crippen LogP) is 20.4. The molecule has 0 fully saturated rings. The van der Waals surface area contributed by atoms with E-state index in [1.54, 1.807) is 0 Å². The zero-order valence-electron chi connectivity index (χ0n) is 71.1. The summed E-state index contributed by atoms with van der Waals surface area (Å²) in [6, 6.07) is 58.9. The van der Waals surface area contributed by atoms with Gasteiger partial charge in [-0.15, -0.1) is 0 Å². The van der Waals surface area contributed by atoms with Crippen LogP contribution in [0.4, 0.5) is 17.1 Å². The Morgan fingerprint density at radius 3 is 1.03 bits per heavy atom. The fourth-order valence-electron chi connectivity index (χ4n) is 12.1. The molecule has 8 aromatic rings. The van der Waals surface area contributed by atoms with Gasteiger partial charge in [-0.3, -0.25) is 4.48 Å². The Balaban J connectivity index is 0.000000641. The maximum absolute atomic E-state index is 8.73. The Morgan fingerprint density at radius 1 is 0.394 bits per heavy atom. The van der Waals surface area contributed by atoms with Crippen molar-refractivity contribution >= 4 is 29.2 Å². The predicted molar refractivity (Wildman–Crippen MR) is 466 cm³/mol. The van der Waals surface area contributed by atoms with E-state index in [4.69, 9.17) is 17.1 Å². The van der Waals surface area contributed by atoms with Crippen LogP contribution in [-0.4, -0.2) is 85.5 Å². The second-order valence-electron chi connectivity index (χ2n) is 29.4. The Labute approximate surface area is 667 Å². The molecule has 11 heteroatoms. The third-order valence-electron chi connectivity index (χ3n) is 19.0. The lowest BCUT2D eigenvalue weighted by Gasteiger charge is -2.39. The summed E-state index contributed by atoms with van der Waals surface area (Å²) in [5.41, 5.74) is 9.53. The average Bonchev–Trinajstić information content (AvgIpc) is 0.837. The molecule has 0 saturated carbocycles. The molecule has 2 N–H and O–H groups in total. The van der Waals surface area contributed by atoms with Crippen molar-refractivity contribution in [3.63, 3.8) is 0 Å². The van der Waals surface area contributed by atoms with E-state index in [9.17, 15) is 0 Å². The molecule has 0 aliphatic rings. The number of aromatic nitrogens is 4. The number of hydrogen-bond acceptors (Lipinski definition) is 2. The number of nitrogens with one attached hydrogen (secondary N) is 2. The highest BCUT2D eigenvalue weighted by atomic mass is 15.3. The normalized spacial score (nSPS) is 10.4. The van der Waals surface area contributed by atoms with E-state index in [0.29, 0.717) is 16.8 Å². The molecule has 0 amide bonds. The summed E-state index contributed by atoms with van der Waals surface area (Å²) < 4.78 is 10.7. The van der Waals surface area contributed by atoms with Crippen molar-refractivity contribution < 1.29 is 32.6 Å². The van der Waals surface area contributed by atoms with Crippen molar-refractivity contribution in [2.24, 2.45) is 0 Å². The molecule has 8 rings (SSSR count). The van der Waals surface area contributed by atoms with E-state index < -0.39 is 0 Å². The summed E-state index contributed by atoms with van der Waals surface area (Å²) in [4.78, 5) is 6.64. The number of hydrogen-bond donors (Lipinski definition) is 2. The Bertz CT molecular complexity index is 3420. The topological polar surface area (TPSA) is 76.3 Å². The third kappa shape index (κ3) is 49.1. The summed E-state index contributed by atoms with van der Waals surface area (Å²) in [7, 11) is 10.7. The van der Waals surface area contributed by atoms with Crippen LogP contribution < -0.4 is 32.6 Å². The molecule has 0 saturated heterocycles. The minimum Gasteiger partial charge on any atom is -0.335 e. The molecule has 0 aliphatic heterocycles. The van der Waals surface area contributed by atoms with Crippen LogP contribution in [0.25, 0.3) is 17.0 Å². The number of nitriles is 2. The monoisotopic (exact) mass is 1480 g/mol. The molecule has 590 valence electrons. The first-order valence-corrected chi connectivity index (χ1v) is 41.9. The lowest BCUT2D eigenvalue weighted by atomic mass is 10.1. The van der Waals surface area contributed by atoms with Gasteiger partial charge in [0.05, 0.1) is 111 Å².